The minimum atomic E-state index is -0.818. The molecule has 1 aliphatic carbocycles. The Hall–Kier alpha value is -4.43. The summed E-state index contributed by atoms with van der Waals surface area (Å²) in [5, 5.41) is 13.0. The highest BCUT2D eigenvalue weighted by atomic mass is 79.9. The number of aromatic hydroxyl groups is 1. The number of ether oxygens (including phenoxy) is 1. The molecule has 1 unspecified atom stereocenters. The third-order valence-corrected chi connectivity index (χ3v) is 8.84. The highest BCUT2D eigenvalue weighted by Gasteiger charge is 2.46. The molecular weight excluding hydrogens is 594 g/mol. The molecule has 8 heteroatoms. The van der Waals surface area contributed by atoms with Crippen molar-refractivity contribution in [2.75, 3.05) is 12.0 Å². The molecule has 2 aliphatic rings. The zero-order valence-corrected chi connectivity index (χ0v) is 25.0. The zero-order valence-electron chi connectivity index (χ0n) is 23.4. The number of halogens is 1. The third kappa shape index (κ3) is 4.12. The Labute approximate surface area is 250 Å². The van der Waals surface area contributed by atoms with Crippen molar-refractivity contribution in [1.82, 2.24) is 9.97 Å². The lowest BCUT2D eigenvalue weighted by Crippen LogP contribution is -2.39. The molecule has 7 nitrogen and oxygen atoms in total. The summed E-state index contributed by atoms with van der Waals surface area (Å²) in [5.74, 6) is 0.301. The van der Waals surface area contributed by atoms with Gasteiger partial charge in [0.2, 0.25) is 0 Å². The van der Waals surface area contributed by atoms with Crippen LogP contribution in [0, 0.1) is 5.41 Å². The number of ketones is 1. The number of Topliss-reactive ketones (excluding diaryl/α,β-unsaturated/α-hetero) is 1. The van der Waals surface area contributed by atoms with E-state index in [1.807, 2.05) is 54.6 Å². The van der Waals surface area contributed by atoms with Gasteiger partial charge in [-0.3, -0.25) is 14.5 Å². The first kappa shape index (κ1) is 26.5. The predicted octanol–water partition coefficient (Wildman–Crippen LogP) is 7.48. The quantitative estimate of drug-likeness (QED) is 0.217. The van der Waals surface area contributed by atoms with Crippen LogP contribution in [-0.2, 0) is 4.79 Å². The molecule has 7 rings (SSSR count). The number of allylic oxidation sites excluding steroid dienone is 2. The number of H-pyrrole nitrogens is 1. The number of anilines is 2. The molecule has 0 saturated carbocycles. The molecule has 42 heavy (non-hydrogen) atoms. The summed E-state index contributed by atoms with van der Waals surface area (Å²) in [5.41, 5.74) is 3.51. The van der Waals surface area contributed by atoms with Crippen LogP contribution in [0.4, 0.5) is 11.5 Å². The van der Waals surface area contributed by atoms with Gasteiger partial charge in [0, 0.05) is 44.2 Å². The van der Waals surface area contributed by atoms with Gasteiger partial charge in [-0.05, 0) is 72.5 Å². The van der Waals surface area contributed by atoms with Gasteiger partial charge in [0.15, 0.2) is 5.78 Å². The summed E-state index contributed by atoms with van der Waals surface area (Å²) in [4.78, 5) is 38.2. The molecule has 1 atom stereocenters. The van der Waals surface area contributed by atoms with E-state index in [4.69, 9.17) is 9.72 Å². The van der Waals surface area contributed by atoms with Gasteiger partial charge in [-0.1, -0.05) is 41.9 Å². The van der Waals surface area contributed by atoms with Crippen LogP contribution in [0.2, 0.25) is 0 Å². The number of aromatic nitrogens is 2. The lowest BCUT2D eigenvalue weighted by atomic mass is 9.68. The average Bonchev–Trinajstić information content (AvgIpc) is 2.95. The molecular formula is C34H28BrN3O4. The van der Waals surface area contributed by atoms with Crippen LogP contribution >= 0.6 is 15.9 Å². The second-order valence-electron chi connectivity index (χ2n) is 11.8. The molecule has 3 aromatic carbocycles. The third-order valence-electron chi connectivity index (χ3n) is 8.31. The van der Waals surface area contributed by atoms with Gasteiger partial charge < -0.3 is 14.8 Å². The predicted molar refractivity (Wildman–Crippen MR) is 168 cm³/mol. The Morgan fingerprint density at radius 3 is 2.55 bits per heavy atom. The first-order chi connectivity index (χ1) is 20.1. The Morgan fingerprint density at radius 2 is 1.79 bits per heavy atom. The number of fused-ring (bicyclic) bond motifs is 3. The van der Waals surface area contributed by atoms with E-state index in [9.17, 15) is 14.7 Å². The molecule has 3 heterocycles. The van der Waals surface area contributed by atoms with Crippen LogP contribution in [0.1, 0.15) is 43.7 Å². The van der Waals surface area contributed by atoms with Crippen molar-refractivity contribution in [3.05, 3.63) is 110 Å². The van der Waals surface area contributed by atoms with E-state index in [2.05, 4.69) is 39.7 Å². The number of methoxy groups -OCH3 is 1. The molecule has 0 radical (unpaired) electrons. The van der Waals surface area contributed by atoms with Crippen molar-refractivity contribution in [3.63, 3.8) is 0 Å². The van der Waals surface area contributed by atoms with Crippen molar-refractivity contribution < 1.29 is 14.6 Å². The van der Waals surface area contributed by atoms with E-state index in [0.29, 0.717) is 46.4 Å². The van der Waals surface area contributed by atoms with Gasteiger partial charge >= 0.3 is 0 Å². The molecule has 0 spiro atoms. The van der Waals surface area contributed by atoms with E-state index in [-0.39, 0.29) is 22.5 Å². The van der Waals surface area contributed by atoms with Gasteiger partial charge in [-0.25, -0.2) is 4.98 Å². The van der Waals surface area contributed by atoms with Gasteiger partial charge in [0.05, 0.1) is 29.6 Å². The number of para-hydroxylation sites is 1. The van der Waals surface area contributed by atoms with Gasteiger partial charge in [0.25, 0.3) is 5.56 Å². The summed E-state index contributed by atoms with van der Waals surface area (Å²) < 4.78 is 6.42. The SMILES string of the molecule is COc1ccc2nc3c(cc2c1)C(c1c(O)c2ccccc2[nH]c1=O)C1=C(CC(C)(C)CC1=O)N3c1ccc(Br)cc1. The molecule has 2 aromatic heterocycles. The van der Waals surface area contributed by atoms with Crippen LogP contribution in [0.15, 0.2) is 93.3 Å². The first-order valence-electron chi connectivity index (χ1n) is 13.8. The highest BCUT2D eigenvalue weighted by molar-refractivity contribution is 9.10. The fraction of sp³-hybridized carbons (Fsp3) is 0.206. The number of benzene rings is 3. The standard InChI is InChI=1S/C34H28BrN3O4/c1-34(2)16-26-29(27(39)17-34)28(30-31(40)22-6-4-5-7-25(22)37-33(30)41)23-15-18-14-21(42-3)12-13-24(18)36-32(23)38(26)20-10-8-19(35)9-11-20/h4-15,28H,16-17H2,1-3H3,(H2,37,40,41). The van der Waals surface area contributed by atoms with Crippen LogP contribution in [-0.4, -0.2) is 28.0 Å². The summed E-state index contributed by atoms with van der Waals surface area (Å²) in [6, 6.07) is 22.7. The Morgan fingerprint density at radius 1 is 1.02 bits per heavy atom. The van der Waals surface area contributed by atoms with Crippen molar-refractivity contribution in [2.24, 2.45) is 5.41 Å². The minimum absolute atomic E-state index is 0.0447. The summed E-state index contributed by atoms with van der Waals surface area (Å²) in [6.07, 6.45) is 0.918. The number of pyridine rings is 2. The van der Waals surface area contributed by atoms with Gasteiger partial charge in [-0.2, -0.15) is 0 Å². The minimum Gasteiger partial charge on any atom is -0.507 e. The van der Waals surface area contributed by atoms with E-state index < -0.39 is 11.5 Å². The van der Waals surface area contributed by atoms with Crippen molar-refractivity contribution in [2.45, 2.75) is 32.6 Å². The van der Waals surface area contributed by atoms with Gasteiger partial charge in [0.1, 0.15) is 17.3 Å². The number of nitrogens with one attached hydrogen (secondary N) is 1. The Bertz CT molecular complexity index is 2030. The lowest BCUT2D eigenvalue weighted by Gasteiger charge is -2.44. The molecule has 0 fully saturated rings. The molecule has 0 amide bonds. The number of rotatable bonds is 3. The number of nitrogens with zero attached hydrogens (tertiary/aromatic N) is 2. The maximum Gasteiger partial charge on any atom is 0.256 e. The monoisotopic (exact) mass is 621 g/mol. The van der Waals surface area contributed by atoms with Crippen LogP contribution in [0.25, 0.3) is 21.8 Å². The summed E-state index contributed by atoms with van der Waals surface area (Å²) in [7, 11) is 1.61. The Balaban J connectivity index is 1.62. The largest absolute Gasteiger partial charge is 0.507 e. The van der Waals surface area contributed by atoms with Crippen LogP contribution in [0.3, 0.4) is 0 Å². The van der Waals surface area contributed by atoms with E-state index >= 15 is 0 Å². The fourth-order valence-corrected chi connectivity index (χ4v) is 6.73. The number of aromatic amines is 1. The smallest absolute Gasteiger partial charge is 0.256 e. The first-order valence-corrected chi connectivity index (χ1v) is 14.6. The lowest BCUT2D eigenvalue weighted by molar-refractivity contribution is -0.118. The number of hydrogen-bond donors (Lipinski definition) is 2. The van der Waals surface area contributed by atoms with Crippen molar-refractivity contribution in [1.29, 1.82) is 0 Å². The molecule has 0 saturated heterocycles. The average molecular weight is 623 g/mol. The number of hydrogen-bond acceptors (Lipinski definition) is 6. The number of carbonyl (C=O) groups excluding carboxylic acids is 1. The Kier molecular flexibility index (Phi) is 6.02. The van der Waals surface area contributed by atoms with E-state index in [1.54, 1.807) is 25.3 Å². The molecule has 5 aromatic rings. The summed E-state index contributed by atoms with van der Waals surface area (Å²) in [6.45, 7) is 4.17. The maximum atomic E-state index is 14.2. The second kappa shape index (κ2) is 9.56. The molecule has 2 N–H and O–H groups in total. The van der Waals surface area contributed by atoms with Crippen molar-refractivity contribution >= 4 is 55.0 Å². The molecule has 1 aliphatic heterocycles. The highest BCUT2D eigenvalue weighted by Crippen LogP contribution is 2.54. The van der Waals surface area contributed by atoms with Crippen LogP contribution in [0.5, 0.6) is 11.5 Å². The summed E-state index contributed by atoms with van der Waals surface area (Å²) >= 11 is 3.54. The zero-order chi connectivity index (χ0) is 29.3. The molecule has 210 valence electrons. The number of carbonyl (C=O) groups is 1. The van der Waals surface area contributed by atoms with Gasteiger partial charge in [-0.15, -0.1) is 0 Å². The second-order valence-corrected chi connectivity index (χ2v) is 12.7. The maximum absolute atomic E-state index is 14.2. The van der Waals surface area contributed by atoms with E-state index in [0.717, 1.165) is 26.8 Å². The van der Waals surface area contributed by atoms with Crippen LogP contribution < -0.4 is 15.2 Å². The molecule has 0 bridgehead atoms. The topological polar surface area (TPSA) is 95.5 Å². The fourth-order valence-electron chi connectivity index (χ4n) is 6.47. The normalized spacial score (nSPS) is 17.9. The van der Waals surface area contributed by atoms with Crippen molar-refractivity contribution in [3.8, 4) is 11.5 Å². The van der Waals surface area contributed by atoms with E-state index in [1.165, 1.54) is 0 Å².